The van der Waals surface area contributed by atoms with Crippen molar-refractivity contribution in [3.05, 3.63) is 34.9 Å². The first-order valence-corrected chi connectivity index (χ1v) is 6.13. The first-order valence-electron chi connectivity index (χ1n) is 5.01. The fourth-order valence-corrected chi connectivity index (χ4v) is 1.93. The van der Waals surface area contributed by atoms with Crippen LogP contribution < -0.4 is 0 Å². The number of aryl methyl sites for hydroxylation is 1. The second-order valence-electron chi connectivity index (χ2n) is 3.80. The van der Waals surface area contributed by atoms with Gasteiger partial charge in [-0.15, -0.1) is 0 Å². The Hall–Kier alpha value is -0.710. The summed E-state index contributed by atoms with van der Waals surface area (Å²) in [4.78, 5) is 11.2. The maximum Gasteiger partial charge on any atom is 0.160 e. The molecule has 0 aliphatic rings. The van der Waals surface area contributed by atoms with Gasteiger partial charge in [0.25, 0.3) is 0 Å². The zero-order valence-corrected chi connectivity index (χ0v) is 10.9. The Labute approximate surface area is 103 Å². The number of hydrogen-bond donors (Lipinski definition) is 2. The van der Waals surface area contributed by atoms with Crippen LogP contribution in [0.25, 0.3) is 0 Å². The number of carbonyl (C=O) groups excluding carboxylic acids is 1. The zero-order valence-electron chi connectivity index (χ0n) is 9.27. The molecule has 88 valence electrons. The molecule has 2 atom stereocenters. The predicted octanol–water partition coefficient (Wildman–Crippen LogP) is 1.99. The number of hydrogen-bond acceptors (Lipinski definition) is 3. The van der Waals surface area contributed by atoms with Gasteiger partial charge in [-0.05, 0) is 25.0 Å². The average Bonchev–Trinajstić information content (AvgIpc) is 2.26. The van der Waals surface area contributed by atoms with Crippen LogP contribution in [0.5, 0.6) is 0 Å². The van der Waals surface area contributed by atoms with Crippen molar-refractivity contribution >= 4 is 21.7 Å². The first kappa shape index (κ1) is 13.4. The molecule has 0 heterocycles. The van der Waals surface area contributed by atoms with Gasteiger partial charge in [-0.2, -0.15) is 0 Å². The quantitative estimate of drug-likeness (QED) is 0.657. The highest BCUT2D eigenvalue weighted by molar-refractivity contribution is 9.09. The van der Waals surface area contributed by atoms with E-state index < -0.39 is 12.2 Å². The second-order valence-corrected chi connectivity index (χ2v) is 4.44. The van der Waals surface area contributed by atoms with Gasteiger partial charge in [0.15, 0.2) is 5.78 Å². The van der Waals surface area contributed by atoms with Gasteiger partial charge in [0.05, 0.1) is 6.10 Å². The number of benzene rings is 1. The van der Waals surface area contributed by atoms with Gasteiger partial charge in [-0.25, -0.2) is 0 Å². The van der Waals surface area contributed by atoms with Gasteiger partial charge in [-0.1, -0.05) is 34.1 Å². The summed E-state index contributed by atoms with van der Waals surface area (Å²) in [6, 6.07) is 5.07. The largest absolute Gasteiger partial charge is 0.389 e. The van der Waals surface area contributed by atoms with Crippen molar-refractivity contribution in [1.29, 1.82) is 0 Å². The molecule has 0 bridgehead atoms. The molecule has 0 radical (unpaired) electrons. The fraction of sp³-hybridized carbons (Fsp3) is 0.417. The summed E-state index contributed by atoms with van der Waals surface area (Å²) < 4.78 is 0. The molecule has 0 saturated carbocycles. The number of rotatable bonds is 4. The summed E-state index contributed by atoms with van der Waals surface area (Å²) in [5, 5.41) is 19.6. The lowest BCUT2D eigenvalue weighted by molar-refractivity contribution is 0.0342. The lowest BCUT2D eigenvalue weighted by atomic mass is 9.98. The van der Waals surface area contributed by atoms with E-state index in [0.29, 0.717) is 16.5 Å². The molecule has 0 fully saturated rings. The maximum atomic E-state index is 11.2. The van der Waals surface area contributed by atoms with E-state index in [1.54, 1.807) is 18.2 Å². The third kappa shape index (κ3) is 2.90. The van der Waals surface area contributed by atoms with Crippen LogP contribution in [-0.2, 0) is 0 Å². The smallest absolute Gasteiger partial charge is 0.160 e. The van der Waals surface area contributed by atoms with Gasteiger partial charge in [0.1, 0.15) is 6.10 Å². The Morgan fingerprint density at radius 2 is 2.06 bits per heavy atom. The van der Waals surface area contributed by atoms with Crippen LogP contribution in [0.15, 0.2) is 18.2 Å². The van der Waals surface area contributed by atoms with Gasteiger partial charge in [0.2, 0.25) is 0 Å². The van der Waals surface area contributed by atoms with Crippen LogP contribution in [0, 0.1) is 6.92 Å². The van der Waals surface area contributed by atoms with Gasteiger partial charge in [-0.3, -0.25) is 4.79 Å². The Bertz CT molecular complexity index is 390. The summed E-state index contributed by atoms with van der Waals surface area (Å²) in [6.07, 6.45) is -1.78. The molecule has 4 heteroatoms. The van der Waals surface area contributed by atoms with Gasteiger partial charge >= 0.3 is 0 Å². The molecule has 1 rings (SSSR count). The Balaban J connectivity index is 3.01. The first-order chi connectivity index (χ1) is 7.47. The maximum absolute atomic E-state index is 11.2. The SMILES string of the molecule is CC(=O)c1ccc(C(O)C(O)CBr)cc1C. The lowest BCUT2D eigenvalue weighted by Gasteiger charge is -2.17. The summed E-state index contributed by atoms with van der Waals surface area (Å²) in [5.41, 5.74) is 2.07. The second kappa shape index (κ2) is 5.57. The van der Waals surface area contributed by atoms with Crippen LogP contribution in [-0.4, -0.2) is 27.4 Å². The Kier molecular flexibility index (Phi) is 4.65. The summed E-state index contributed by atoms with van der Waals surface area (Å²) in [5.74, 6) is -0.000389. The molecule has 1 aromatic carbocycles. The lowest BCUT2D eigenvalue weighted by Crippen LogP contribution is -2.19. The van der Waals surface area contributed by atoms with Crippen LogP contribution in [0.2, 0.25) is 0 Å². The minimum absolute atomic E-state index is 0.000389. The molecular formula is C12H15BrO3. The number of carbonyl (C=O) groups is 1. The van der Waals surface area contributed by atoms with Crippen molar-refractivity contribution in [2.24, 2.45) is 0 Å². The van der Waals surface area contributed by atoms with Crippen molar-refractivity contribution in [2.75, 3.05) is 5.33 Å². The highest BCUT2D eigenvalue weighted by atomic mass is 79.9. The topological polar surface area (TPSA) is 57.5 Å². The molecule has 0 spiro atoms. The van der Waals surface area contributed by atoms with Crippen LogP contribution in [0.4, 0.5) is 0 Å². The average molecular weight is 287 g/mol. The molecule has 0 aliphatic heterocycles. The van der Waals surface area contributed by atoms with Crippen LogP contribution in [0.3, 0.4) is 0 Å². The fourth-order valence-electron chi connectivity index (χ4n) is 1.57. The van der Waals surface area contributed by atoms with Crippen molar-refractivity contribution < 1.29 is 15.0 Å². The van der Waals surface area contributed by atoms with Crippen molar-refractivity contribution in [3.8, 4) is 0 Å². The van der Waals surface area contributed by atoms with E-state index in [9.17, 15) is 15.0 Å². The Morgan fingerprint density at radius 3 is 2.50 bits per heavy atom. The number of ketones is 1. The molecule has 1 aromatic rings. The molecule has 2 N–H and O–H groups in total. The van der Waals surface area contributed by atoms with E-state index in [2.05, 4.69) is 15.9 Å². The third-order valence-corrected chi connectivity index (χ3v) is 3.16. The van der Waals surface area contributed by atoms with E-state index in [1.165, 1.54) is 6.92 Å². The molecule has 0 aromatic heterocycles. The number of alkyl halides is 1. The minimum atomic E-state index is -0.931. The molecule has 16 heavy (non-hydrogen) atoms. The normalized spacial score (nSPS) is 14.6. The molecule has 0 saturated heterocycles. The molecule has 0 aliphatic carbocycles. The minimum Gasteiger partial charge on any atom is -0.389 e. The highest BCUT2D eigenvalue weighted by Gasteiger charge is 2.18. The molecule has 3 nitrogen and oxygen atoms in total. The van der Waals surface area contributed by atoms with E-state index in [0.717, 1.165) is 5.56 Å². The highest BCUT2D eigenvalue weighted by Crippen LogP contribution is 2.21. The number of Topliss-reactive ketones (excluding diaryl/α,β-unsaturated/α-hetero) is 1. The monoisotopic (exact) mass is 286 g/mol. The molecule has 2 unspecified atom stereocenters. The van der Waals surface area contributed by atoms with Crippen molar-refractivity contribution in [1.82, 2.24) is 0 Å². The zero-order chi connectivity index (χ0) is 12.3. The van der Waals surface area contributed by atoms with Crippen LogP contribution >= 0.6 is 15.9 Å². The summed E-state index contributed by atoms with van der Waals surface area (Å²) in [7, 11) is 0. The molecule has 0 amide bonds. The van der Waals surface area contributed by atoms with Crippen molar-refractivity contribution in [3.63, 3.8) is 0 Å². The number of halogens is 1. The van der Waals surface area contributed by atoms with Gasteiger partial charge in [0, 0.05) is 10.9 Å². The molecular weight excluding hydrogens is 272 g/mol. The van der Waals surface area contributed by atoms with E-state index >= 15 is 0 Å². The number of aliphatic hydroxyl groups excluding tert-OH is 2. The standard InChI is InChI=1S/C12H15BrO3/c1-7-5-9(12(16)11(15)6-13)3-4-10(7)8(2)14/h3-5,11-12,15-16H,6H2,1-2H3. The summed E-state index contributed by atoms with van der Waals surface area (Å²) in [6.45, 7) is 3.32. The van der Waals surface area contributed by atoms with Crippen molar-refractivity contribution in [2.45, 2.75) is 26.1 Å². The van der Waals surface area contributed by atoms with E-state index in [-0.39, 0.29) is 5.78 Å². The summed E-state index contributed by atoms with van der Waals surface area (Å²) >= 11 is 3.10. The number of aliphatic hydroxyl groups is 2. The third-order valence-electron chi connectivity index (χ3n) is 2.49. The van der Waals surface area contributed by atoms with E-state index in [1.807, 2.05) is 6.92 Å². The predicted molar refractivity (Wildman–Crippen MR) is 65.9 cm³/mol. The van der Waals surface area contributed by atoms with Gasteiger partial charge < -0.3 is 10.2 Å². The van der Waals surface area contributed by atoms with E-state index in [4.69, 9.17) is 0 Å². The Morgan fingerprint density at radius 1 is 1.44 bits per heavy atom. The van der Waals surface area contributed by atoms with Crippen LogP contribution in [0.1, 0.15) is 34.5 Å².